The minimum Gasteiger partial charge on any atom is -0.465 e. The number of esters is 1. The van der Waals surface area contributed by atoms with Crippen LogP contribution in [0.1, 0.15) is 37.7 Å². The molecule has 138 valence electrons. The number of amides is 1. The molecule has 27 heavy (non-hydrogen) atoms. The van der Waals surface area contributed by atoms with Gasteiger partial charge in [-0.2, -0.15) is 5.10 Å². The predicted molar refractivity (Wildman–Crippen MR) is 101 cm³/mol. The largest absolute Gasteiger partial charge is 0.465 e. The molecule has 0 saturated carbocycles. The maximum Gasteiger partial charge on any atom is 0.337 e. The van der Waals surface area contributed by atoms with Crippen molar-refractivity contribution in [3.05, 3.63) is 70.7 Å². The van der Waals surface area contributed by atoms with Crippen LogP contribution in [0.5, 0.6) is 0 Å². The second-order valence-corrected chi connectivity index (χ2v) is 6.22. The minimum atomic E-state index is -0.417. The normalized spacial score (nSPS) is 10.5. The van der Waals surface area contributed by atoms with Crippen LogP contribution in [-0.4, -0.2) is 33.8 Å². The number of nitrogens with one attached hydrogen (secondary N) is 1. The van der Waals surface area contributed by atoms with Gasteiger partial charge in [-0.05, 0) is 62.7 Å². The summed E-state index contributed by atoms with van der Waals surface area (Å²) >= 11 is 0. The minimum absolute atomic E-state index is 0.281. The van der Waals surface area contributed by atoms with Crippen LogP contribution in [0.15, 0.2) is 42.6 Å². The molecule has 0 aliphatic rings. The molecule has 7 nitrogen and oxygen atoms in total. The number of methoxy groups -OCH3 is 1. The summed E-state index contributed by atoms with van der Waals surface area (Å²) in [5.74, 6) is -0.0491. The third-order valence-corrected chi connectivity index (χ3v) is 4.13. The highest BCUT2D eigenvalue weighted by Crippen LogP contribution is 2.18. The van der Waals surface area contributed by atoms with Crippen molar-refractivity contribution in [1.29, 1.82) is 0 Å². The third-order valence-electron chi connectivity index (χ3n) is 4.13. The topological polar surface area (TPSA) is 86.1 Å². The summed E-state index contributed by atoms with van der Waals surface area (Å²) < 4.78 is 6.43. The van der Waals surface area contributed by atoms with E-state index in [2.05, 4.69) is 15.4 Å². The molecule has 2 heterocycles. The third kappa shape index (κ3) is 3.87. The molecule has 1 amide bonds. The van der Waals surface area contributed by atoms with Crippen molar-refractivity contribution in [3.8, 4) is 5.82 Å². The molecule has 0 atom stereocenters. The number of nitrogens with zero attached hydrogens (tertiary/aromatic N) is 3. The van der Waals surface area contributed by atoms with E-state index in [1.165, 1.54) is 13.3 Å². The molecule has 0 bridgehead atoms. The van der Waals surface area contributed by atoms with Gasteiger partial charge in [0, 0.05) is 17.6 Å². The number of anilines is 1. The van der Waals surface area contributed by atoms with Gasteiger partial charge in [0.15, 0.2) is 5.82 Å². The van der Waals surface area contributed by atoms with Crippen LogP contribution >= 0.6 is 0 Å². The van der Waals surface area contributed by atoms with E-state index in [1.807, 2.05) is 26.8 Å². The smallest absolute Gasteiger partial charge is 0.337 e. The van der Waals surface area contributed by atoms with Gasteiger partial charge in [-0.1, -0.05) is 0 Å². The van der Waals surface area contributed by atoms with Gasteiger partial charge in [-0.3, -0.25) is 4.79 Å². The van der Waals surface area contributed by atoms with Gasteiger partial charge in [0.05, 0.1) is 23.9 Å². The molecule has 1 N–H and O–H groups in total. The summed E-state index contributed by atoms with van der Waals surface area (Å²) in [7, 11) is 1.33. The maximum absolute atomic E-state index is 12.5. The molecule has 0 radical (unpaired) electrons. The molecule has 0 fully saturated rings. The molecule has 1 aromatic carbocycles. The van der Waals surface area contributed by atoms with Crippen molar-refractivity contribution >= 4 is 17.6 Å². The van der Waals surface area contributed by atoms with Gasteiger partial charge in [-0.25, -0.2) is 14.5 Å². The van der Waals surface area contributed by atoms with Crippen molar-refractivity contribution in [2.75, 3.05) is 12.4 Å². The number of carbonyl (C=O) groups excluding carboxylic acids is 2. The number of pyridine rings is 1. The van der Waals surface area contributed by atoms with E-state index in [0.717, 1.165) is 17.0 Å². The first kappa shape index (κ1) is 18.3. The molecule has 3 aromatic rings. The van der Waals surface area contributed by atoms with Gasteiger partial charge in [0.1, 0.15) is 0 Å². The second kappa shape index (κ2) is 7.41. The van der Waals surface area contributed by atoms with Crippen LogP contribution in [0.4, 0.5) is 5.69 Å². The molecule has 2 aromatic heterocycles. The lowest BCUT2D eigenvalue weighted by Crippen LogP contribution is -2.14. The first-order valence-electron chi connectivity index (χ1n) is 8.39. The Labute approximate surface area is 157 Å². The fourth-order valence-corrected chi connectivity index (χ4v) is 2.75. The molecule has 0 unspecified atom stereocenters. The summed E-state index contributed by atoms with van der Waals surface area (Å²) in [5, 5.41) is 7.21. The van der Waals surface area contributed by atoms with Crippen LogP contribution in [0.2, 0.25) is 0 Å². The molecule has 0 aliphatic heterocycles. The molecule has 0 spiro atoms. The van der Waals surface area contributed by atoms with Gasteiger partial charge in [0.25, 0.3) is 5.91 Å². The monoisotopic (exact) mass is 364 g/mol. The summed E-state index contributed by atoms with van der Waals surface area (Å²) in [5.41, 5.74) is 4.12. The van der Waals surface area contributed by atoms with Crippen molar-refractivity contribution in [2.24, 2.45) is 0 Å². The van der Waals surface area contributed by atoms with Crippen molar-refractivity contribution in [1.82, 2.24) is 14.8 Å². The molecular weight excluding hydrogens is 344 g/mol. The van der Waals surface area contributed by atoms with E-state index in [4.69, 9.17) is 4.74 Å². The molecule has 0 aliphatic carbocycles. The van der Waals surface area contributed by atoms with E-state index in [-0.39, 0.29) is 5.91 Å². The predicted octanol–water partition coefficient (Wildman–Crippen LogP) is 3.23. The number of carbonyl (C=O) groups is 2. The summed E-state index contributed by atoms with van der Waals surface area (Å²) in [6.45, 7) is 5.68. The summed E-state index contributed by atoms with van der Waals surface area (Å²) in [6, 6.07) is 10.4. The standard InChI is InChI=1S/C20H20N4O3/c1-12-9-15(20(26)27-4)5-7-17(12)22-19(25)16-6-8-18(21-11-16)24-14(3)10-13(2)23-24/h5-11H,1-4H3,(H,22,25). The molecule has 7 heteroatoms. The zero-order chi connectivity index (χ0) is 19.6. The molecular formula is C20H20N4O3. The Morgan fingerprint density at radius 2 is 1.78 bits per heavy atom. The van der Waals surface area contributed by atoms with Gasteiger partial charge >= 0.3 is 5.97 Å². The van der Waals surface area contributed by atoms with Crippen LogP contribution in [-0.2, 0) is 4.74 Å². The SMILES string of the molecule is COC(=O)c1ccc(NC(=O)c2ccc(-n3nc(C)cc3C)nc2)c(C)c1. The number of aryl methyl sites for hydroxylation is 3. The van der Waals surface area contributed by atoms with Crippen molar-refractivity contribution in [2.45, 2.75) is 20.8 Å². The lowest BCUT2D eigenvalue weighted by molar-refractivity contribution is 0.0600. The highest BCUT2D eigenvalue weighted by Gasteiger charge is 2.12. The average Bonchev–Trinajstić information content (AvgIpc) is 3.00. The van der Waals surface area contributed by atoms with E-state index in [0.29, 0.717) is 22.6 Å². The zero-order valence-corrected chi connectivity index (χ0v) is 15.6. The maximum atomic E-state index is 12.5. The Balaban J connectivity index is 1.77. The quantitative estimate of drug-likeness (QED) is 0.718. The van der Waals surface area contributed by atoms with Gasteiger partial charge in [0.2, 0.25) is 0 Å². The van der Waals surface area contributed by atoms with Crippen LogP contribution < -0.4 is 5.32 Å². The first-order valence-corrected chi connectivity index (χ1v) is 8.39. The number of hydrogen-bond acceptors (Lipinski definition) is 5. The second-order valence-electron chi connectivity index (χ2n) is 6.22. The Bertz CT molecular complexity index is 1010. The van der Waals surface area contributed by atoms with Gasteiger partial charge < -0.3 is 10.1 Å². The van der Waals surface area contributed by atoms with E-state index in [1.54, 1.807) is 35.0 Å². The fraction of sp³-hybridized carbons (Fsp3) is 0.200. The zero-order valence-electron chi connectivity index (χ0n) is 15.6. The Morgan fingerprint density at radius 3 is 2.33 bits per heavy atom. The lowest BCUT2D eigenvalue weighted by Gasteiger charge is -2.10. The van der Waals surface area contributed by atoms with E-state index >= 15 is 0 Å². The highest BCUT2D eigenvalue weighted by atomic mass is 16.5. The summed E-state index contributed by atoms with van der Waals surface area (Å²) in [4.78, 5) is 28.4. The fourth-order valence-electron chi connectivity index (χ4n) is 2.75. The van der Waals surface area contributed by atoms with Gasteiger partial charge in [-0.15, -0.1) is 0 Å². The van der Waals surface area contributed by atoms with Crippen LogP contribution in [0.25, 0.3) is 5.82 Å². The van der Waals surface area contributed by atoms with Crippen molar-refractivity contribution in [3.63, 3.8) is 0 Å². The summed E-state index contributed by atoms with van der Waals surface area (Å²) in [6.07, 6.45) is 1.51. The number of ether oxygens (including phenoxy) is 1. The van der Waals surface area contributed by atoms with Crippen molar-refractivity contribution < 1.29 is 14.3 Å². The van der Waals surface area contributed by atoms with Crippen LogP contribution in [0, 0.1) is 20.8 Å². The van der Waals surface area contributed by atoms with E-state index in [9.17, 15) is 9.59 Å². The number of hydrogen-bond donors (Lipinski definition) is 1. The number of rotatable bonds is 4. The highest BCUT2D eigenvalue weighted by molar-refractivity contribution is 6.04. The Hall–Kier alpha value is -3.48. The van der Waals surface area contributed by atoms with E-state index < -0.39 is 5.97 Å². The first-order chi connectivity index (χ1) is 12.9. The Morgan fingerprint density at radius 1 is 1.04 bits per heavy atom. The number of aromatic nitrogens is 3. The molecule has 0 saturated heterocycles. The Kier molecular flexibility index (Phi) is 5.03. The van der Waals surface area contributed by atoms with Crippen LogP contribution in [0.3, 0.4) is 0 Å². The molecule has 3 rings (SSSR count). The number of benzene rings is 1. The lowest BCUT2D eigenvalue weighted by atomic mass is 10.1. The average molecular weight is 364 g/mol.